The average Bonchev–Trinajstić information content (AvgIpc) is 2.91. The predicted molar refractivity (Wildman–Crippen MR) is 142 cm³/mol. The van der Waals surface area contributed by atoms with Crippen molar-refractivity contribution in [1.29, 1.82) is 0 Å². The molecule has 4 nitrogen and oxygen atoms in total. The van der Waals surface area contributed by atoms with Crippen LogP contribution < -0.4 is 5.73 Å². The lowest BCUT2D eigenvalue weighted by Gasteiger charge is -2.34. The monoisotopic (exact) mass is 465 g/mol. The second kappa shape index (κ2) is 12.2. The molecule has 0 aliphatic heterocycles. The van der Waals surface area contributed by atoms with Crippen LogP contribution in [0.4, 0.5) is 0 Å². The van der Waals surface area contributed by atoms with Crippen molar-refractivity contribution >= 4 is 11.7 Å². The van der Waals surface area contributed by atoms with E-state index in [1.165, 1.54) is 5.56 Å². The molecule has 0 heterocycles. The van der Waals surface area contributed by atoms with Crippen LogP contribution in [-0.2, 0) is 0 Å². The topological polar surface area (TPSA) is 58.7 Å². The predicted octanol–water partition coefficient (Wildman–Crippen LogP) is 5.74. The molecule has 1 atom stereocenters. The van der Waals surface area contributed by atoms with Crippen molar-refractivity contribution in [3.8, 4) is 0 Å². The molecule has 2 N–H and O–H groups in total. The molecule has 3 aromatic rings. The van der Waals surface area contributed by atoms with Crippen LogP contribution in [0.25, 0.3) is 0 Å². The number of nitrogens with two attached hydrogens (primary N) is 1. The lowest BCUT2D eigenvalue weighted by Crippen LogP contribution is -2.39. The highest BCUT2D eigenvalue weighted by atomic mass is 16.2. The van der Waals surface area contributed by atoms with Crippen molar-refractivity contribution in [3.05, 3.63) is 108 Å². The molecule has 1 aliphatic carbocycles. The summed E-state index contributed by atoms with van der Waals surface area (Å²) in [7, 11) is 0. The van der Waals surface area contributed by atoms with Crippen molar-refractivity contribution in [2.45, 2.75) is 38.5 Å². The van der Waals surface area contributed by atoms with E-state index in [1.807, 2.05) is 55.5 Å². The van der Waals surface area contributed by atoms with Gasteiger partial charge in [0, 0.05) is 31.1 Å². The van der Waals surface area contributed by atoms with Crippen molar-refractivity contribution in [1.82, 2.24) is 4.90 Å². The fourth-order valence-electron chi connectivity index (χ4n) is 5.07. The summed E-state index contributed by atoms with van der Waals surface area (Å²) in [5.41, 5.74) is 8.84. The summed E-state index contributed by atoms with van der Waals surface area (Å²) in [6.45, 7) is 4.07. The average molecular weight is 466 g/mol. The van der Waals surface area contributed by atoms with Gasteiger partial charge in [-0.3, -0.25) is 9.79 Å². The number of aliphatic imine (C=N–C) groups is 1. The zero-order chi connectivity index (χ0) is 24.5. The summed E-state index contributed by atoms with van der Waals surface area (Å²) in [5, 5.41) is 0. The molecule has 4 heteroatoms. The highest BCUT2D eigenvalue weighted by molar-refractivity contribution is 5.94. The Hall–Kier alpha value is -3.58. The maximum absolute atomic E-state index is 13.7. The molecule has 0 spiro atoms. The Morgan fingerprint density at radius 2 is 1.60 bits per heavy atom. The Kier molecular flexibility index (Phi) is 8.57. The fraction of sp³-hybridized carbons (Fsp3) is 0.355. The molecule has 0 bridgehead atoms. The second-order valence-corrected chi connectivity index (χ2v) is 9.67. The molecule has 0 saturated heterocycles. The summed E-state index contributed by atoms with van der Waals surface area (Å²) in [5.74, 6) is 1.93. The lowest BCUT2D eigenvalue weighted by atomic mass is 9.81. The summed E-state index contributed by atoms with van der Waals surface area (Å²) in [6, 6.07) is 32.2. The summed E-state index contributed by atoms with van der Waals surface area (Å²) in [4.78, 5) is 20.3. The maximum Gasteiger partial charge on any atom is 0.253 e. The van der Waals surface area contributed by atoms with Gasteiger partial charge in [-0.2, -0.15) is 0 Å². The van der Waals surface area contributed by atoms with Crippen LogP contribution in [0.3, 0.4) is 0 Å². The molecule has 180 valence electrons. The molecule has 1 saturated carbocycles. The molecule has 1 amide bonds. The Morgan fingerprint density at radius 1 is 0.943 bits per heavy atom. The van der Waals surface area contributed by atoms with Crippen LogP contribution >= 0.6 is 0 Å². The molecule has 1 unspecified atom stereocenters. The van der Waals surface area contributed by atoms with Crippen molar-refractivity contribution in [2.24, 2.45) is 22.6 Å². The molecule has 3 aromatic carbocycles. The Labute approximate surface area is 209 Å². The third-order valence-corrected chi connectivity index (χ3v) is 7.04. The van der Waals surface area contributed by atoms with Gasteiger partial charge in [-0.1, -0.05) is 60.7 Å². The van der Waals surface area contributed by atoms with Crippen LogP contribution in [0.5, 0.6) is 0 Å². The number of nitrogens with zero attached hydrogens (tertiary/aromatic N) is 2. The van der Waals surface area contributed by atoms with Crippen LogP contribution in [0.1, 0.15) is 60.0 Å². The molecule has 4 rings (SSSR count). The van der Waals surface area contributed by atoms with Crippen molar-refractivity contribution < 1.29 is 4.79 Å². The number of amides is 1. The van der Waals surface area contributed by atoms with E-state index in [9.17, 15) is 4.79 Å². The van der Waals surface area contributed by atoms with Gasteiger partial charge >= 0.3 is 0 Å². The minimum atomic E-state index is 0.0768. The van der Waals surface area contributed by atoms with Crippen LogP contribution in [0, 0.1) is 24.0 Å². The van der Waals surface area contributed by atoms with Crippen molar-refractivity contribution in [2.75, 3.05) is 19.6 Å². The van der Waals surface area contributed by atoms with Crippen LogP contribution in [0.2, 0.25) is 0 Å². The lowest BCUT2D eigenvalue weighted by molar-refractivity contribution is 0.0700. The quantitative estimate of drug-likeness (QED) is 0.323. The molecular weight excluding hydrogens is 430 g/mol. The Morgan fingerprint density at radius 3 is 2.23 bits per heavy atom. The SMILES string of the molecule is CC(N)=NCC1CCC(CN(CC(c2cc#ccc2)c2ccccc2)C(=O)c2ccccc2)CC1. The minimum absolute atomic E-state index is 0.0768. The first-order chi connectivity index (χ1) is 17.1. The first-order valence-electron chi connectivity index (χ1n) is 12.6. The van der Waals surface area contributed by atoms with E-state index in [1.54, 1.807) is 0 Å². The summed E-state index contributed by atoms with van der Waals surface area (Å²) in [6.07, 6.45) is 4.51. The Balaban J connectivity index is 1.55. The third-order valence-electron chi connectivity index (χ3n) is 7.04. The smallest absolute Gasteiger partial charge is 0.253 e. The zero-order valence-corrected chi connectivity index (χ0v) is 20.6. The number of benzene rings is 2. The van der Waals surface area contributed by atoms with Gasteiger partial charge in [0.1, 0.15) is 0 Å². The van der Waals surface area contributed by atoms with Crippen LogP contribution in [0.15, 0.2) is 83.9 Å². The molecule has 1 aliphatic rings. The van der Waals surface area contributed by atoms with Gasteiger partial charge < -0.3 is 10.6 Å². The van der Waals surface area contributed by atoms with Crippen molar-refractivity contribution in [3.63, 3.8) is 0 Å². The molecule has 1 fully saturated rings. The summed E-state index contributed by atoms with van der Waals surface area (Å²) >= 11 is 0. The fourth-order valence-corrected chi connectivity index (χ4v) is 5.07. The first-order valence-corrected chi connectivity index (χ1v) is 12.6. The molecule has 35 heavy (non-hydrogen) atoms. The normalized spacial score (nSPS) is 18.2. The van der Waals surface area contributed by atoms with E-state index in [0.29, 0.717) is 24.2 Å². The maximum atomic E-state index is 13.7. The number of amidine groups is 1. The number of carbonyl (C=O) groups is 1. The molecular formula is C31H35N3O. The highest BCUT2D eigenvalue weighted by Gasteiger charge is 2.28. The highest BCUT2D eigenvalue weighted by Crippen LogP contribution is 2.32. The van der Waals surface area contributed by atoms with Gasteiger partial charge in [-0.05, 0) is 85.9 Å². The number of carbonyl (C=O) groups excluding carboxylic acids is 1. The number of hydrogen-bond acceptors (Lipinski definition) is 2. The van der Waals surface area contributed by atoms with Gasteiger partial charge in [-0.15, -0.1) is 0 Å². The zero-order valence-electron chi connectivity index (χ0n) is 20.6. The van der Waals surface area contributed by atoms with E-state index in [2.05, 4.69) is 52.4 Å². The largest absolute Gasteiger partial charge is 0.388 e. The van der Waals surface area contributed by atoms with Gasteiger partial charge in [-0.25, -0.2) is 0 Å². The van der Waals surface area contributed by atoms with Gasteiger partial charge in [0.15, 0.2) is 0 Å². The number of rotatable bonds is 9. The van der Waals surface area contributed by atoms with E-state index in [-0.39, 0.29) is 11.8 Å². The third kappa shape index (κ3) is 6.96. The minimum Gasteiger partial charge on any atom is -0.388 e. The second-order valence-electron chi connectivity index (χ2n) is 9.67. The summed E-state index contributed by atoms with van der Waals surface area (Å²) < 4.78 is 0. The van der Waals surface area contributed by atoms with Gasteiger partial charge in [0.2, 0.25) is 0 Å². The van der Waals surface area contributed by atoms with E-state index in [4.69, 9.17) is 5.73 Å². The van der Waals surface area contributed by atoms with Gasteiger partial charge in [0.25, 0.3) is 5.91 Å². The Bertz CT molecular complexity index is 1030. The standard InChI is InChI=1S/C31H35N3O/c1-24(32)33-21-25-17-19-26(20-18-25)22-34(31(35)29-15-9-4-10-16-29)23-30(27-11-5-2-6-12-27)28-13-7-3-8-14-28/h2,4-7,9-16,25-26,30H,17-23H2,1H3,(H2,32,33). The molecule has 0 radical (unpaired) electrons. The first kappa shape index (κ1) is 24.5. The van der Waals surface area contributed by atoms with E-state index < -0.39 is 0 Å². The van der Waals surface area contributed by atoms with E-state index >= 15 is 0 Å². The van der Waals surface area contributed by atoms with E-state index in [0.717, 1.165) is 49.9 Å². The van der Waals surface area contributed by atoms with Gasteiger partial charge in [0.05, 0.1) is 5.84 Å². The number of hydrogen-bond donors (Lipinski definition) is 1. The van der Waals surface area contributed by atoms with Crippen LogP contribution in [-0.4, -0.2) is 36.3 Å². The molecule has 0 aromatic heterocycles.